The highest BCUT2D eigenvalue weighted by atomic mass is 79.9. The van der Waals surface area contributed by atoms with Gasteiger partial charge in [0.2, 0.25) is 0 Å². The summed E-state index contributed by atoms with van der Waals surface area (Å²) < 4.78 is 2.19. The smallest absolute Gasteiger partial charge is 0.0468 e. The highest BCUT2D eigenvalue weighted by Gasteiger charge is 2.07. The van der Waals surface area contributed by atoms with Crippen LogP contribution in [0.25, 0.3) is 10.9 Å². The fourth-order valence-corrected chi connectivity index (χ4v) is 2.41. The van der Waals surface area contributed by atoms with E-state index < -0.39 is 0 Å². The van der Waals surface area contributed by atoms with Crippen molar-refractivity contribution in [2.24, 2.45) is 0 Å². The van der Waals surface area contributed by atoms with Crippen LogP contribution in [0.15, 0.2) is 27.3 Å². The summed E-state index contributed by atoms with van der Waals surface area (Å²) in [4.78, 5) is 5.51. The lowest BCUT2D eigenvalue weighted by Crippen LogP contribution is -2.14. The van der Waals surface area contributed by atoms with Crippen LogP contribution in [0.2, 0.25) is 0 Å². The number of aromatic amines is 1. The van der Waals surface area contributed by atoms with E-state index in [-0.39, 0.29) is 0 Å². The molecule has 86 valence electrons. The largest absolute Gasteiger partial charge is 0.361 e. The molecule has 0 aliphatic heterocycles. The number of likely N-dealkylation sites (N-methyl/N-ethyl adjacent to an activating group) is 1. The molecule has 0 unspecified atom stereocenters. The Labute approximate surface area is 112 Å². The van der Waals surface area contributed by atoms with E-state index in [2.05, 4.69) is 74.2 Å². The molecule has 2 aromatic rings. The van der Waals surface area contributed by atoms with Crippen LogP contribution in [0.4, 0.5) is 0 Å². The number of H-pyrrole nitrogens is 1. The molecule has 0 spiro atoms. The zero-order chi connectivity index (χ0) is 11.7. The maximum Gasteiger partial charge on any atom is 0.0468 e. The lowest BCUT2D eigenvalue weighted by atomic mass is 10.1. The number of benzene rings is 1. The summed E-state index contributed by atoms with van der Waals surface area (Å²) in [5, 5.41) is 1.30. The first-order valence-electron chi connectivity index (χ1n) is 5.17. The molecule has 0 saturated carbocycles. The van der Waals surface area contributed by atoms with Gasteiger partial charge in [0.15, 0.2) is 0 Å². The number of fused-ring (bicyclic) bond motifs is 1. The molecule has 0 aliphatic rings. The van der Waals surface area contributed by atoms with Gasteiger partial charge in [0.1, 0.15) is 0 Å². The molecule has 0 fully saturated rings. The van der Waals surface area contributed by atoms with Crippen LogP contribution in [0.1, 0.15) is 5.56 Å². The molecule has 2 rings (SSSR count). The standard InChI is InChI=1S/C12H14Br2N2/c1-16(2)4-3-8-7-15-12-6-11(14)10(13)5-9(8)12/h5-7,15H,3-4H2,1-2H3. The Kier molecular flexibility index (Phi) is 3.72. The molecule has 0 aliphatic carbocycles. The van der Waals surface area contributed by atoms with E-state index in [9.17, 15) is 0 Å². The van der Waals surface area contributed by atoms with Crippen LogP contribution in [-0.4, -0.2) is 30.5 Å². The van der Waals surface area contributed by atoms with Crippen molar-refractivity contribution in [3.05, 3.63) is 32.8 Å². The number of nitrogens with one attached hydrogen (secondary N) is 1. The summed E-state index contributed by atoms with van der Waals surface area (Å²) in [5.74, 6) is 0. The first-order valence-corrected chi connectivity index (χ1v) is 6.76. The SMILES string of the molecule is CN(C)CCc1c[nH]c2cc(Br)c(Br)cc12. The first kappa shape index (κ1) is 12.1. The fourth-order valence-electron chi connectivity index (χ4n) is 1.73. The van der Waals surface area contributed by atoms with E-state index in [1.54, 1.807) is 0 Å². The average molecular weight is 346 g/mol. The lowest BCUT2D eigenvalue weighted by Gasteiger charge is -2.08. The normalized spacial score (nSPS) is 11.6. The van der Waals surface area contributed by atoms with E-state index >= 15 is 0 Å². The Morgan fingerprint density at radius 3 is 2.56 bits per heavy atom. The van der Waals surface area contributed by atoms with Crippen LogP contribution >= 0.6 is 31.9 Å². The van der Waals surface area contributed by atoms with Crippen LogP contribution in [-0.2, 0) is 6.42 Å². The zero-order valence-electron chi connectivity index (χ0n) is 9.35. The Bertz CT molecular complexity index is 503. The van der Waals surface area contributed by atoms with Crippen molar-refractivity contribution in [1.82, 2.24) is 9.88 Å². The minimum atomic E-state index is 1.07. The predicted octanol–water partition coefficient (Wildman–Crippen LogP) is 3.80. The van der Waals surface area contributed by atoms with Crippen LogP contribution in [0.3, 0.4) is 0 Å². The third-order valence-corrected chi connectivity index (χ3v) is 4.48. The molecule has 0 radical (unpaired) electrons. The molecule has 0 amide bonds. The molecule has 0 atom stereocenters. The van der Waals surface area contributed by atoms with Gasteiger partial charge in [-0.3, -0.25) is 0 Å². The van der Waals surface area contributed by atoms with E-state index in [1.807, 2.05) is 0 Å². The summed E-state index contributed by atoms with van der Waals surface area (Å²) in [6, 6.07) is 4.28. The van der Waals surface area contributed by atoms with E-state index in [4.69, 9.17) is 0 Å². The van der Waals surface area contributed by atoms with E-state index in [0.717, 1.165) is 21.9 Å². The first-order chi connectivity index (χ1) is 7.58. The number of rotatable bonds is 3. The Balaban J connectivity index is 2.36. The molecular weight excluding hydrogens is 332 g/mol. The molecule has 1 N–H and O–H groups in total. The maximum atomic E-state index is 3.54. The topological polar surface area (TPSA) is 19.0 Å². The summed E-state index contributed by atoms with van der Waals surface area (Å²) in [7, 11) is 4.20. The molecule has 0 bridgehead atoms. The number of aromatic nitrogens is 1. The maximum absolute atomic E-state index is 3.54. The zero-order valence-corrected chi connectivity index (χ0v) is 12.5. The predicted molar refractivity (Wildman–Crippen MR) is 76.0 cm³/mol. The van der Waals surface area contributed by atoms with Gasteiger partial charge in [0, 0.05) is 32.6 Å². The van der Waals surface area contributed by atoms with Gasteiger partial charge >= 0.3 is 0 Å². The second-order valence-corrected chi connectivity index (χ2v) is 5.89. The molecule has 2 nitrogen and oxygen atoms in total. The third kappa shape index (κ3) is 2.50. The van der Waals surface area contributed by atoms with Crippen molar-refractivity contribution in [2.75, 3.05) is 20.6 Å². The molecule has 0 saturated heterocycles. The van der Waals surface area contributed by atoms with Crippen molar-refractivity contribution < 1.29 is 0 Å². The van der Waals surface area contributed by atoms with Crippen LogP contribution in [0.5, 0.6) is 0 Å². The second kappa shape index (κ2) is 4.90. The number of hydrogen-bond acceptors (Lipinski definition) is 1. The molecule has 1 heterocycles. The van der Waals surface area contributed by atoms with Gasteiger partial charge in [-0.15, -0.1) is 0 Å². The average Bonchev–Trinajstić information content (AvgIpc) is 2.58. The molecule has 16 heavy (non-hydrogen) atoms. The molecule has 1 aromatic heterocycles. The minimum absolute atomic E-state index is 1.07. The van der Waals surface area contributed by atoms with E-state index in [1.165, 1.54) is 16.5 Å². The van der Waals surface area contributed by atoms with Gasteiger partial charge in [-0.05, 0) is 70.1 Å². The minimum Gasteiger partial charge on any atom is -0.361 e. The fraction of sp³-hybridized carbons (Fsp3) is 0.333. The summed E-state index contributed by atoms with van der Waals surface area (Å²) >= 11 is 7.06. The highest BCUT2D eigenvalue weighted by Crippen LogP contribution is 2.30. The Hall–Kier alpha value is -0.320. The van der Waals surface area contributed by atoms with Crippen molar-refractivity contribution in [1.29, 1.82) is 0 Å². The van der Waals surface area contributed by atoms with Gasteiger partial charge < -0.3 is 9.88 Å². The van der Waals surface area contributed by atoms with Crippen molar-refractivity contribution in [3.63, 3.8) is 0 Å². The van der Waals surface area contributed by atoms with Gasteiger partial charge in [0.25, 0.3) is 0 Å². The van der Waals surface area contributed by atoms with Gasteiger partial charge in [-0.2, -0.15) is 0 Å². The van der Waals surface area contributed by atoms with Crippen molar-refractivity contribution >= 4 is 42.8 Å². The highest BCUT2D eigenvalue weighted by molar-refractivity contribution is 9.13. The monoisotopic (exact) mass is 344 g/mol. The number of halogens is 2. The van der Waals surface area contributed by atoms with Crippen molar-refractivity contribution in [2.45, 2.75) is 6.42 Å². The number of hydrogen-bond donors (Lipinski definition) is 1. The quantitative estimate of drug-likeness (QED) is 0.896. The second-order valence-electron chi connectivity index (χ2n) is 4.18. The van der Waals surface area contributed by atoms with Gasteiger partial charge in [0.05, 0.1) is 0 Å². The Morgan fingerprint density at radius 1 is 1.19 bits per heavy atom. The van der Waals surface area contributed by atoms with Crippen LogP contribution < -0.4 is 0 Å². The summed E-state index contributed by atoms with van der Waals surface area (Å²) in [5.41, 5.74) is 2.56. The summed E-state index contributed by atoms with van der Waals surface area (Å²) in [6.07, 6.45) is 3.17. The van der Waals surface area contributed by atoms with E-state index in [0.29, 0.717) is 0 Å². The van der Waals surface area contributed by atoms with Gasteiger partial charge in [-0.1, -0.05) is 0 Å². The summed E-state index contributed by atoms with van der Waals surface area (Å²) in [6.45, 7) is 1.07. The van der Waals surface area contributed by atoms with Gasteiger partial charge in [-0.25, -0.2) is 0 Å². The molecule has 4 heteroatoms. The lowest BCUT2D eigenvalue weighted by molar-refractivity contribution is 0.414. The van der Waals surface area contributed by atoms with Crippen LogP contribution in [0, 0.1) is 0 Å². The number of nitrogens with zero attached hydrogens (tertiary/aromatic N) is 1. The Morgan fingerprint density at radius 2 is 1.88 bits per heavy atom. The van der Waals surface area contributed by atoms with Crippen molar-refractivity contribution in [3.8, 4) is 0 Å². The molecule has 1 aromatic carbocycles. The molecular formula is C12H14Br2N2. The third-order valence-electron chi connectivity index (χ3n) is 2.64.